The van der Waals surface area contributed by atoms with Crippen LogP contribution in [0.4, 0.5) is 5.69 Å². The minimum Gasteiger partial charge on any atom is -0.463 e. The van der Waals surface area contributed by atoms with E-state index < -0.39 is 18.5 Å². The quantitative estimate of drug-likeness (QED) is 0.442. The van der Waals surface area contributed by atoms with Crippen LogP contribution in [-0.4, -0.2) is 54.6 Å². The van der Waals surface area contributed by atoms with Crippen molar-refractivity contribution in [2.45, 2.75) is 64.8 Å². The second-order valence-electron chi connectivity index (χ2n) is 7.29. The number of carbonyl (C=O) groups is 2. The van der Waals surface area contributed by atoms with Gasteiger partial charge in [0, 0.05) is 38.9 Å². The monoisotopic (exact) mass is 409 g/mol. The van der Waals surface area contributed by atoms with E-state index in [-0.39, 0.29) is 37.4 Å². The molecule has 1 aliphatic heterocycles. The first-order chi connectivity index (χ1) is 13.8. The molecule has 3 unspecified atom stereocenters. The molecule has 1 amide bonds. The predicted octanol–water partition coefficient (Wildman–Crippen LogP) is 0.890. The van der Waals surface area contributed by atoms with E-state index in [1.807, 2.05) is 26.0 Å². The summed E-state index contributed by atoms with van der Waals surface area (Å²) in [4.78, 5) is 23.3. The van der Waals surface area contributed by atoms with Crippen LogP contribution in [0.15, 0.2) is 18.2 Å². The number of ether oxygens (including phenoxy) is 3. The number of benzene rings is 1. The molecule has 1 fully saturated rings. The smallest absolute Gasteiger partial charge is 0.302 e. The second-order valence-corrected chi connectivity index (χ2v) is 7.29. The maximum Gasteiger partial charge on any atom is 0.302 e. The summed E-state index contributed by atoms with van der Waals surface area (Å²) in [6.07, 6.45) is -1.92. The van der Waals surface area contributed by atoms with E-state index in [1.54, 1.807) is 6.07 Å². The van der Waals surface area contributed by atoms with Gasteiger partial charge < -0.3 is 35.7 Å². The molecule has 9 heteroatoms. The van der Waals surface area contributed by atoms with Gasteiger partial charge in [-0.1, -0.05) is 6.07 Å². The Kier molecular flexibility index (Phi) is 8.69. The lowest BCUT2D eigenvalue weighted by Crippen LogP contribution is -2.47. The maximum absolute atomic E-state index is 12.2. The highest BCUT2D eigenvalue weighted by Crippen LogP contribution is 2.31. The molecule has 1 saturated heterocycles. The molecule has 1 heterocycles. The van der Waals surface area contributed by atoms with Gasteiger partial charge in [-0.15, -0.1) is 0 Å². The number of esters is 1. The Hall–Kier alpha value is -2.36. The molecule has 0 aliphatic carbocycles. The molecule has 2 rings (SSSR count). The zero-order valence-corrected chi connectivity index (χ0v) is 17.1. The van der Waals surface area contributed by atoms with Gasteiger partial charge in [-0.2, -0.15) is 0 Å². The highest BCUT2D eigenvalue weighted by molar-refractivity contribution is 5.80. The fourth-order valence-corrected chi connectivity index (χ4v) is 2.92. The summed E-state index contributed by atoms with van der Waals surface area (Å²) in [5, 5.41) is 16.1. The molecule has 1 aromatic carbocycles. The third-order valence-electron chi connectivity index (χ3n) is 4.19. The SMILES string of the molecule is CC(=O)OCc1ccc(NC(C)C)c(OC2CC(O)CC(C(=O)NCCN)O2)c1. The normalized spacial score (nSPS) is 21.5. The van der Waals surface area contributed by atoms with Crippen LogP contribution in [0.3, 0.4) is 0 Å². The van der Waals surface area contributed by atoms with Gasteiger partial charge in [0.15, 0.2) is 0 Å². The van der Waals surface area contributed by atoms with Crippen LogP contribution < -0.4 is 21.1 Å². The van der Waals surface area contributed by atoms with Crippen LogP contribution in [0.25, 0.3) is 0 Å². The molecule has 0 radical (unpaired) electrons. The number of amides is 1. The van der Waals surface area contributed by atoms with Gasteiger partial charge in [-0.05, 0) is 31.5 Å². The Balaban J connectivity index is 2.14. The summed E-state index contributed by atoms with van der Waals surface area (Å²) in [5.74, 6) is -0.211. The summed E-state index contributed by atoms with van der Waals surface area (Å²) in [6.45, 7) is 6.11. The molecule has 0 aromatic heterocycles. The van der Waals surface area contributed by atoms with Crippen molar-refractivity contribution in [3.05, 3.63) is 23.8 Å². The van der Waals surface area contributed by atoms with Crippen LogP contribution in [0.5, 0.6) is 5.75 Å². The van der Waals surface area contributed by atoms with E-state index in [0.717, 1.165) is 11.3 Å². The van der Waals surface area contributed by atoms with E-state index in [2.05, 4.69) is 10.6 Å². The Morgan fingerprint density at radius 3 is 2.76 bits per heavy atom. The van der Waals surface area contributed by atoms with Crippen molar-refractivity contribution in [3.63, 3.8) is 0 Å². The molecule has 5 N–H and O–H groups in total. The van der Waals surface area contributed by atoms with Crippen LogP contribution >= 0.6 is 0 Å². The summed E-state index contributed by atoms with van der Waals surface area (Å²) in [5.41, 5.74) is 6.89. The Morgan fingerprint density at radius 1 is 1.34 bits per heavy atom. The first kappa shape index (κ1) is 22.9. The molecule has 1 aliphatic rings. The van der Waals surface area contributed by atoms with E-state index in [9.17, 15) is 14.7 Å². The molecule has 0 spiro atoms. The number of rotatable bonds is 9. The molecular weight excluding hydrogens is 378 g/mol. The van der Waals surface area contributed by atoms with E-state index in [4.69, 9.17) is 19.9 Å². The van der Waals surface area contributed by atoms with Crippen molar-refractivity contribution in [1.29, 1.82) is 0 Å². The molecule has 162 valence electrons. The molecule has 9 nitrogen and oxygen atoms in total. The van der Waals surface area contributed by atoms with Gasteiger partial charge in [0.25, 0.3) is 0 Å². The van der Waals surface area contributed by atoms with Crippen molar-refractivity contribution in [1.82, 2.24) is 5.32 Å². The van der Waals surface area contributed by atoms with Gasteiger partial charge in [0.1, 0.15) is 18.5 Å². The van der Waals surface area contributed by atoms with Gasteiger partial charge >= 0.3 is 5.97 Å². The van der Waals surface area contributed by atoms with Crippen molar-refractivity contribution in [3.8, 4) is 5.75 Å². The first-order valence-corrected chi connectivity index (χ1v) is 9.79. The predicted molar refractivity (Wildman–Crippen MR) is 107 cm³/mol. The number of carbonyl (C=O) groups excluding carboxylic acids is 2. The van der Waals surface area contributed by atoms with Gasteiger partial charge in [0.2, 0.25) is 12.2 Å². The minimum atomic E-state index is -0.818. The van der Waals surface area contributed by atoms with E-state index in [1.165, 1.54) is 6.92 Å². The van der Waals surface area contributed by atoms with E-state index in [0.29, 0.717) is 18.8 Å². The van der Waals surface area contributed by atoms with Crippen molar-refractivity contribution in [2.24, 2.45) is 5.73 Å². The summed E-state index contributed by atoms with van der Waals surface area (Å²) in [7, 11) is 0. The van der Waals surface area contributed by atoms with Crippen molar-refractivity contribution < 1.29 is 28.9 Å². The number of hydrogen-bond donors (Lipinski definition) is 4. The number of aliphatic hydroxyl groups excluding tert-OH is 1. The van der Waals surface area contributed by atoms with Gasteiger partial charge in [0.05, 0.1) is 11.8 Å². The number of anilines is 1. The second kappa shape index (κ2) is 11.0. The molecular formula is C20H31N3O6. The lowest BCUT2D eigenvalue weighted by atomic mass is 10.0. The van der Waals surface area contributed by atoms with Crippen molar-refractivity contribution in [2.75, 3.05) is 18.4 Å². The van der Waals surface area contributed by atoms with Crippen LogP contribution in [-0.2, 0) is 25.7 Å². The van der Waals surface area contributed by atoms with Crippen LogP contribution in [0.2, 0.25) is 0 Å². The average molecular weight is 409 g/mol. The summed E-state index contributed by atoms with van der Waals surface area (Å²) < 4.78 is 16.8. The lowest BCUT2D eigenvalue weighted by molar-refractivity contribution is -0.184. The highest BCUT2D eigenvalue weighted by Gasteiger charge is 2.34. The lowest BCUT2D eigenvalue weighted by Gasteiger charge is -2.33. The Bertz CT molecular complexity index is 697. The Morgan fingerprint density at radius 2 is 2.10 bits per heavy atom. The molecule has 1 aromatic rings. The third-order valence-corrected chi connectivity index (χ3v) is 4.19. The highest BCUT2D eigenvalue weighted by atomic mass is 16.7. The maximum atomic E-state index is 12.2. The molecule has 29 heavy (non-hydrogen) atoms. The molecule has 0 bridgehead atoms. The van der Waals surface area contributed by atoms with Gasteiger partial charge in [-0.25, -0.2) is 0 Å². The minimum absolute atomic E-state index is 0.117. The topological polar surface area (TPSA) is 132 Å². The van der Waals surface area contributed by atoms with Crippen LogP contribution in [0, 0.1) is 0 Å². The number of hydrogen-bond acceptors (Lipinski definition) is 8. The fraction of sp³-hybridized carbons (Fsp3) is 0.600. The van der Waals surface area contributed by atoms with Crippen LogP contribution in [0.1, 0.15) is 39.2 Å². The van der Waals surface area contributed by atoms with Gasteiger partial charge in [-0.3, -0.25) is 9.59 Å². The number of nitrogens with two attached hydrogens (primary N) is 1. The standard InChI is InChI=1S/C20H31N3O6/c1-12(2)23-16-5-4-14(11-27-13(3)24)8-17(16)28-19-10-15(25)9-18(29-19)20(26)22-7-6-21/h4-5,8,12,15,18-19,23,25H,6-7,9-11,21H2,1-3H3,(H,22,26). The summed E-state index contributed by atoms with van der Waals surface area (Å²) in [6, 6.07) is 5.57. The largest absolute Gasteiger partial charge is 0.463 e. The third kappa shape index (κ3) is 7.52. The summed E-state index contributed by atoms with van der Waals surface area (Å²) >= 11 is 0. The zero-order chi connectivity index (χ0) is 21.4. The Labute approximate surface area is 170 Å². The van der Waals surface area contributed by atoms with Crippen molar-refractivity contribution >= 4 is 17.6 Å². The zero-order valence-electron chi connectivity index (χ0n) is 17.1. The average Bonchev–Trinajstić information content (AvgIpc) is 2.65. The number of aliphatic hydroxyl groups is 1. The van der Waals surface area contributed by atoms with E-state index >= 15 is 0 Å². The number of nitrogens with one attached hydrogen (secondary N) is 2. The molecule has 3 atom stereocenters. The first-order valence-electron chi connectivity index (χ1n) is 9.79. The molecule has 0 saturated carbocycles. The fourth-order valence-electron chi connectivity index (χ4n) is 2.92.